The molecule has 0 amide bonds. The largest absolute Gasteiger partial charge is 0.466 e. The fourth-order valence-electron chi connectivity index (χ4n) is 3.62. The molecule has 0 heterocycles. The highest BCUT2D eigenvalue weighted by Gasteiger charge is 2.29. The van der Waals surface area contributed by atoms with Crippen LogP contribution in [-0.4, -0.2) is 30.9 Å². The molecular formula is C27H34O5. The maximum Gasteiger partial charge on any atom is 0.311 e. The van der Waals surface area contributed by atoms with Crippen LogP contribution < -0.4 is 0 Å². The van der Waals surface area contributed by atoms with Gasteiger partial charge in [-0.25, -0.2) is 0 Å². The number of hydrogen-bond acceptors (Lipinski definition) is 5. The molecule has 5 nitrogen and oxygen atoms in total. The van der Waals surface area contributed by atoms with Gasteiger partial charge in [0.2, 0.25) is 0 Å². The molecule has 172 valence electrons. The first kappa shape index (κ1) is 25.3. The molecule has 0 bridgehead atoms. The zero-order chi connectivity index (χ0) is 23.7. The zero-order valence-corrected chi connectivity index (χ0v) is 19.8. The van der Waals surface area contributed by atoms with E-state index in [1.807, 2.05) is 57.2 Å². The van der Waals surface area contributed by atoms with Gasteiger partial charge in [-0.2, -0.15) is 0 Å². The average Bonchev–Trinajstić information content (AvgIpc) is 2.74. The maximum atomic E-state index is 12.9. The van der Waals surface area contributed by atoms with Gasteiger partial charge in [-0.3, -0.25) is 14.4 Å². The molecule has 0 aliphatic heterocycles. The van der Waals surface area contributed by atoms with Crippen molar-refractivity contribution in [1.82, 2.24) is 0 Å². The molecule has 32 heavy (non-hydrogen) atoms. The highest BCUT2D eigenvalue weighted by Crippen LogP contribution is 2.24. The minimum atomic E-state index is -0.623. The van der Waals surface area contributed by atoms with Crippen LogP contribution in [0.25, 0.3) is 0 Å². The molecule has 0 radical (unpaired) electrons. The summed E-state index contributed by atoms with van der Waals surface area (Å²) < 4.78 is 10.1. The third kappa shape index (κ3) is 7.33. The third-order valence-electron chi connectivity index (χ3n) is 5.31. The summed E-state index contributed by atoms with van der Waals surface area (Å²) >= 11 is 0. The van der Waals surface area contributed by atoms with Crippen molar-refractivity contribution in [2.24, 2.45) is 11.3 Å². The monoisotopic (exact) mass is 438 g/mol. The normalized spacial score (nSPS) is 12.2. The Bertz CT molecular complexity index is 910. The number of ketones is 1. The Hall–Kier alpha value is -2.95. The standard InChI is InChI=1S/C27H34O5/c1-6-31-24(28)17-19(3)16-20-8-12-22(13-9-20)25(29)23-14-10-21(11-15-23)18-27(4,5)26(30)32-7-2/h8-15,19H,6-7,16-18H2,1-5H3. The van der Waals surface area contributed by atoms with E-state index in [4.69, 9.17) is 9.47 Å². The van der Waals surface area contributed by atoms with Crippen molar-refractivity contribution in [2.75, 3.05) is 13.2 Å². The minimum Gasteiger partial charge on any atom is -0.466 e. The molecule has 2 aromatic carbocycles. The number of benzene rings is 2. The fraction of sp³-hybridized carbons (Fsp3) is 0.444. The van der Waals surface area contributed by atoms with Crippen LogP contribution in [0.1, 0.15) is 68.1 Å². The summed E-state index contributed by atoms with van der Waals surface area (Å²) in [5.74, 6) is -0.285. The molecule has 1 atom stereocenters. The summed E-state index contributed by atoms with van der Waals surface area (Å²) in [7, 11) is 0. The molecule has 2 aromatic rings. The van der Waals surface area contributed by atoms with Crippen molar-refractivity contribution in [3.8, 4) is 0 Å². The highest BCUT2D eigenvalue weighted by atomic mass is 16.5. The van der Waals surface area contributed by atoms with E-state index in [0.29, 0.717) is 37.2 Å². The van der Waals surface area contributed by atoms with Gasteiger partial charge in [-0.05, 0) is 57.6 Å². The lowest BCUT2D eigenvalue weighted by Crippen LogP contribution is -2.29. The van der Waals surface area contributed by atoms with Gasteiger partial charge in [0, 0.05) is 17.5 Å². The Balaban J connectivity index is 1.99. The molecule has 0 aliphatic rings. The van der Waals surface area contributed by atoms with Crippen molar-refractivity contribution in [3.63, 3.8) is 0 Å². The van der Waals surface area contributed by atoms with Crippen LogP contribution in [0.2, 0.25) is 0 Å². The fourth-order valence-corrected chi connectivity index (χ4v) is 3.62. The van der Waals surface area contributed by atoms with E-state index in [-0.39, 0.29) is 23.6 Å². The molecule has 0 aromatic heterocycles. The van der Waals surface area contributed by atoms with Gasteiger partial charge >= 0.3 is 11.9 Å². The molecule has 0 saturated carbocycles. The van der Waals surface area contributed by atoms with Crippen molar-refractivity contribution in [3.05, 3.63) is 70.8 Å². The van der Waals surface area contributed by atoms with E-state index in [1.165, 1.54) is 0 Å². The number of esters is 2. The lowest BCUT2D eigenvalue weighted by atomic mass is 9.85. The Morgan fingerprint density at radius 3 is 1.81 bits per heavy atom. The quantitative estimate of drug-likeness (QED) is 0.357. The first-order valence-electron chi connectivity index (χ1n) is 11.2. The zero-order valence-electron chi connectivity index (χ0n) is 19.8. The predicted molar refractivity (Wildman–Crippen MR) is 125 cm³/mol. The van der Waals surface area contributed by atoms with Crippen molar-refractivity contribution in [1.29, 1.82) is 0 Å². The van der Waals surface area contributed by atoms with Crippen molar-refractivity contribution < 1.29 is 23.9 Å². The Morgan fingerprint density at radius 1 is 0.812 bits per heavy atom. The number of hydrogen-bond donors (Lipinski definition) is 0. The summed E-state index contributed by atoms with van der Waals surface area (Å²) in [6.07, 6.45) is 1.67. The van der Waals surface area contributed by atoms with E-state index in [0.717, 1.165) is 17.5 Å². The Kier molecular flexibility index (Phi) is 9.18. The number of ether oxygens (including phenoxy) is 2. The van der Waals surface area contributed by atoms with Crippen LogP contribution in [0.15, 0.2) is 48.5 Å². The summed E-state index contributed by atoms with van der Waals surface area (Å²) in [5, 5.41) is 0. The lowest BCUT2D eigenvalue weighted by Gasteiger charge is -2.22. The molecule has 0 N–H and O–H groups in total. The summed E-state index contributed by atoms with van der Waals surface area (Å²) in [6, 6.07) is 14.9. The average molecular weight is 439 g/mol. The van der Waals surface area contributed by atoms with Gasteiger partial charge in [0.25, 0.3) is 0 Å². The second-order valence-electron chi connectivity index (χ2n) is 8.82. The van der Waals surface area contributed by atoms with Crippen LogP contribution in [0.4, 0.5) is 0 Å². The highest BCUT2D eigenvalue weighted by molar-refractivity contribution is 6.09. The second kappa shape index (κ2) is 11.6. The second-order valence-corrected chi connectivity index (χ2v) is 8.82. The molecule has 0 saturated heterocycles. The van der Waals surface area contributed by atoms with E-state index in [1.54, 1.807) is 26.0 Å². The van der Waals surface area contributed by atoms with Gasteiger partial charge in [0.05, 0.1) is 18.6 Å². The van der Waals surface area contributed by atoms with Gasteiger partial charge < -0.3 is 9.47 Å². The number of carbonyl (C=O) groups is 3. The van der Waals surface area contributed by atoms with Crippen LogP contribution in [-0.2, 0) is 31.9 Å². The van der Waals surface area contributed by atoms with Gasteiger partial charge in [-0.15, -0.1) is 0 Å². The predicted octanol–water partition coefficient (Wildman–Crippen LogP) is 5.18. The van der Waals surface area contributed by atoms with Gasteiger partial charge in [0.1, 0.15) is 0 Å². The van der Waals surface area contributed by atoms with E-state index in [2.05, 4.69) is 0 Å². The Labute approximate surface area is 191 Å². The van der Waals surface area contributed by atoms with Gasteiger partial charge in [0.15, 0.2) is 5.78 Å². The molecule has 0 fully saturated rings. The van der Waals surface area contributed by atoms with E-state index in [9.17, 15) is 14.4 Å². The molecule has 2 rings (SSSR count). The first-order valence-corrected chi connectivity index (χ1v) is 11.2. The first-order chi connectivity index (χ1) is 15.2. The van der Waals surface area contributed by atoms with Crippen LogP contribution in [0.3, 0.4) is 0 Å². The number of rotatable bonds is 11. The molecule has 0 aliphatic carbocycles. The van der Waals surface area contributed by atoms with E-state index < -0.39 is 5.41 Å². The molecule has 0 spiro atoms. The van der Waals surface area contributed by atoms with E-state index >= 15 is 0 Å². The van der Waals surface area contributed by atoms with Crippen LogP contribution >= 0.6 is 0 Å². The summed E-state index contributed by atoms with van der Waals surface area (Å²) in [6.45, 7) is 10.1. The van der Waals surface area contributed by atoms with Crippen LogP contribution in [0, 0.1) is 11.3 Å². The molecule has 5 heteroatoms. The lowest BCUT2D eigenvalue weighted by molar-refractivity contribution is -0.153. The molecular weight excluding hydrogens is 404 g/mol. The minimum absolute atomic E-state index is 0.0488. The summed E-state index contributed by atoms with van der Waals surface area (Å²) in [4.78, 5) is 36.6. The Morgan fingerprint density at radius 2 is 1.31 bits per heavy atom. The SMILES string of the molecule is CCOC(=O)CC(C)Cc1ccc(C(=O)c2ccc(CC(C)(C)C(=O)OCC)cc2)cc1. The van der Waals surface area contributed by atoms with Crippen molar-refractivity contribution in [2.45, 2.75) is 53.9 Å². The van der Waals surface area contributed by atoms with Gasteiger partial charge in [-0.1, -0.05) is 55.5 Å². The maximum absolute atomic E-state index is 12.9. The summed E-state index contributed by atoms with van der Waals surface area (Å²) in [5.41, 5.74) is 2.65. The topological polar surface area (TPSA) is 69.7 Å². The third-order valence-corrected chi connectivity index (χ3v) is 5.31. The van der Waals surface area contributed by atoms with Crippen LogP contribution in [0.5, 0.6) is 0 Å². The smallest absolute Gasteiger partial charge is 0.311 e. The van der Waals surface area contributed by atoms with Crippen molar-refractivity contribution >= 4 is 17.7 Å². The molecule has 1 unspecified atom stereocenters. The number of carbonyl (C=O) groups excluding carboxylic acids is 3.